The number of H-pyrrole nitrogens is 1. The Morgan fingerprint density at radius 2 is 1.32 bits per heavy atom. The summed E-state index contributed by atoms with van der Waals surface area (Å²) in [4.78, 5) is 13.2. The lowest BCUT2D eigenvalue weighted by Crippen LogP contribution is -2.00. The molecule has 8 rings (SSSR count). The molecule has 4 aromatic carbocycles. The number of hydrogen-bond donors (Lipinski definition) is 2. The van der Waals surface area contributed by atoms with E-state index in [0.717, 1.165) is 63.5 Å². The van der Waals surface area contributed by atoms with Gasteiger partial charge in [-0.3, -0.25) is 4.98 Å². The number of fused-ring (bicyclic) bond motifs is 5. The molecule has 0 bridgehead atoms. The fraction of sp³-hybridized carbons (Fsp3) is 0.0556. The van der Waals surface area contributed by atoms with E-state index in [2.05, 4.69) is 94.1 Å². The zero-order valence-electron chi connectivity index (χ0n) is 22.3. The second-order valence-electron chi connectivity index (χ2n) is 10.3. The molecule has 0 saturated carbocycles. The average molecular weight is 531 g/mol. The molecule has 5 nitrogen and oxygen atoms in total. The van der Waals surface area contributed by atoms with E-state index >= 15 is 0 Å². The molecule has 196 valence electrons. The molecule has 41 heavy (non-hydrogen) atoms. The Balaban J connectivity index is 1.18. The fourth-order valence-electron chi connectivity index (χ4n) is 5.92. The van der Waals surface area contributed by atoms with E-state index in [9.17, 15) is 0 Å². The smallest absolute Gasteiger partial charge is 0.219 e. The highest BCUT2D eigenvalue weighted by Gasteiger charge is 2.20. The van der Waals surface area contributed by atoms with Crippen molar-refractivity contribution in [3.05, 3.63) is 133 Å². The Bertz CT molecular complexity index is 2060. The molecule has 0 spiro atoms. The van der Waals surface area contributed by atoms with Crippen LogP contribution >= 0.6 is 0 Å². The summed E-state index contributed by atoms with van der Waals surface area (Å²) in [7, 11) is 0. The molecule has 0 amide bonds. The van der Waals surface area contributed by atoms with Gasteiger partial charge in [-0.15, -0.1) is 0 Å². The van der Waals surface area contributed by atoms with Crippen LogP contribution in [-0.2, 0) is 12.8 Å². The van der Waals surface area contributed by atoms with Crippen LogP contribution in [0.15, 0.2) is 121 Å². The van der Waals surface area contributed by atoms with Crippen molar-refractivity contribution in [1.29, 1.82) is 0 Å². The maximum absolute atomic E-state index is 6.53. The predicted octanol–water partition coefficient (Wildman–Crippen LogP) is 9.08. The zero-order valence-corrected chi connectivity index (χ0v) is 22.3. The van der Waals surface area contributed by atoms with E-state index in [4.69, 9.17) is 9.72 Å². The average Bonchev–Trinajstić information content (AvgIpc) is 3.29. The number of pyridine rings is 2. The van der Waals surface area contributed by atoms with Gasteiger partial charge in [-0.05, 0) is 54.3 Å². The maximum atomic E-state index is 6.53. The minimum absolute atomic E-state index is 0.549. The highest BCUT2D eigenvalue weighted by Crippen LogP contribution is 2.42. The van der Waals surface area contributed by atoms with Crippen molar-refractivity contribution in [3.8, 4) is 34.1 Å². The van der Waals surface area contributed by atoms with E-state index in [1.807, 2.05) is 42.6 Å². The van der Waals surface area contributed by atoms with Gasteiger partial charge in [0, 0.05) is 39.7 Å². The third-order valence-corrected chi connectivity index (χ3v) is 7.87. The van der Waals surface area contributed by atoms with Gasteiger partial charge < -0.3 is 15.0 Å². The summed E-state index contributed by atoms with van der Waals surface area (Å²) in [6, 6.07) is 39.4. The first-order chi connectivity index (χ1) is 20.3. The molecule has 1 aliphatic heterocycles. The van der Waals surface area contributed by atoms with Gasteiger partial charge in [-0.25, -0.2) is 4.98 Å². The highest BCUT2D eigenvalue weighted by molar-refractivity contribution is 6.11. The van der Waals surface area contributed by atoms with Crippen LogP contribution < -0.4 is 10.1 Å². The molecule has 1 aliphatic rings. The van der Waals surface area contributed by atoms with Crippen LogP contribution in [-0.4, -0.2) is 15.0 Å². The van der Waals surface area contributed by atoms with Crippen LogP contribution in [0.3, 0.4) is 0 Å². The van der Waals surface area contributed by atoms with Gasteiger partial charge in [0.05, 0.1) is 28.3 Å². The summed E-state index contributed by atoms with van der Waals surface area (Å²) in [5.41, 5.74) is 10.6. The van der Waals surface area contributed by atoms with Gasteiger partial charge in [0.15, 0.2) is 5.75 Å². The summed E-state index contributed by atoms with van der Waals surface area (Å²) in [5.74, 6) is 1.30. The SMILES string of the molecule is c1ccc(-c2cccc3c2Nc2c(cccc2Oc2cccc(-c4cccc5c4[nH]c4ccccc45)n2)CC3)nc1. The molecule has 0 saturated heterocycles. The highest BCUT2D eigenvalue weighted by atomic mass is 16.5. The summed E-state index contributed by atoms with van der Waals surface area (Å²) in [6.45, 7) is 0. The van der Waals surface area contributed by atoms with Crippen molar-refractivity contribution in [3.63, 3.8) is 0 Å². The van der Waals surface area contributed by atoms with Crippen molar-refractivity contribution in [2.45, 2.75) is 12.8 Å². The molecule has 0 aliphatic carbocycles. The van der Waals surface area contributed by atoms with Gasteiger partial charge in [-0.1, -0.05) is 78.9 Å². The van der Waals surface area contributed by atoms with Crippen LogP contribution in [0, 0.1) is 0 Å². The summed E-state index contributed by atoms with van der Waals surface area (Å²) in [5, 5.41) is 6.14. The number of nitrogens with zero attached hydrogens (tertiary/aromatic N) is 2. The topological polar surface area (TPSA) is 62.8 Å². The van der Waals surface area contributed by atoms with Crippen LogP contribution in [0.4, 0.5) is 11.4 Å². The number of rotatable bonds is 4. The van der Waals surface area contributed by atoms with Crippen molar-refractivity contribution in [2.24, 2.45) is 0 Å². The van der Waals surface area contributed by atoms with E-state index in [1.54, 1.807) is 0 Å². The first-order valence-corrected chi connectivity index (χ1v) is 13.9. The Kier molecular flexibility index (Phi) is 5.52. The summed E-state index contributed by atoms with van der Waals surface area (Å²) < 4.78 is 6.53. The van der Waals surface area contributed by atoms with Gasteiger partial charge in [0.1, 0.15) is 0 Å². The third kappa shape index (κ3) is 4.10. The number of nitrogens with one attached hydrogen (secondary N) is 2. The van der Waals surface area contributed by atoms with Crippen LogP contribution in [0.2, 0.25) is 0 Å². The molecule has 7 aromatic rings. The monoisotopic (exact) mass is 530 g/mol. The van der Waals surface area contributed by atoms with Crippen molar-refractivity contribution >= 4 is 33.2 Å². The summed E-state index contributed by atoms with van der Waals surface area (Å²) in [6.07, 6.45) is 3.68. The van der Waals surface area contributed by atoms with Crippen molar-refractivity contribution < 1.29 is 4.74 Å². The van der Waals surface area contributed by atoms with Crippen molar-refractivity contribution in [2.75, 3.05) is 5.32 Å². The number of aromatic amines is 1. The Labute approximate surface area is 237 Å². The molecule has 2 N–H and O–H groups in total. The number of hydrogen-bond acceptors (Lipinski definition) is 4. The second-order valence-corrected chi connectivity index (χ2v) is 10.3. The lowest BCUT2D eigenvalue weighted by Gasteiger charge is -2.17. The predicted molar refractivity (Wildman–Crippen MR) is 166 cm³/mol. The normalized spacial score (nSPS) is 12.4. The molecule has 0 radical (unpaired) electrons. The number of ether oxygens (including phenoxy) is 1. The number of benzene rings is 4. The molecule has 4 heterocycles. The first-order valence-electron chi connectivity index (χ1n) is 13.9. The number of para-hydroxylation sites is 4. The lowest BCUT2D eigenvalue weighted by molar-refractivity contribution is 0.465. The molecule has 0 unspecified atom stereocenters. The molecular formula is C36H26N4O. The molecule has 5 heteroatoms. The van der Waals surface area contributed by atoms with Gasteiger partial charge >= 0.3 is 0 Å². The van der Waals surface area contributed by atoms with E-state index in [0.29, 0.717) is 5.88 Å². The zero-order chi connectivity index (χ0) is 27.2. The lowest BCUT2D eigenvalue weighted by atomic mass is 10.0. The van der Waals surface area contributed by atoms with Crippen LogP contribution in [0.1, 0.15) is 11.1 Å². The largest absolute Gasteiger partial charge is 0.437 e. The fourth-order valence-corrected chi connectivity index (χ4v) is 5.92. The van der Waals surface area contributed by atoms with Gasteiger partial charge in [0.25, 0.3) is 0 Å². The molecule has 0 atom stereocenters. The minimum Gasteiger partial charge on any atom is -0.437 e. The number of anilines is 2. The van der Waals surface area contributed by atoms with Gasteiger partial charge in [0.2, 0.25) is 5.88 Å². The van der Waals surface area contributed by atoms with E-state index in [-0.39, 0.29) is 0 Å². The Hall–Kier alpha value is -5.42. The van der Waals surface area contributed by atoms with Gasteiger partial charge in [-0.2, -0.15) is 0 Å². The third-order valence-electron chi connectivity index (χ3n) is 7.87. The number of aromatic nitrogens is 3. The van der Waals surface area contributed by atoms with Crippen LogP contribution in [0.25, 0.3) is 44.3 Å². The Morgan fingerprint density at radius 1 is 0.585 bits per heavy atom. The maximum Gasteiger partial charge on any atom is 0.219 e. The molecule has 0 fully saturated rings. The summed E-state index contributed by atoms with van der Waals surface area (Å²) >= 11 is 0. The second kappa shape index (κ2) is 9.65. The van der Waals surface area contributed by atoms with E-state index in [1.165, 1.54) is 21.9 Å². The quantitative estimate of drug-likeness (QED) is 0.238. The first kappa shape index (κ1) is 23.5. The van der Waals surface area contributed by atoms with Crippen LogP contribution in [0.5, 0.6) is 11.6 Å². The molecule has 3 aromatic heterocycles. The number of aryl methyl sites for hydroxylation is 2. The minimum atomic E-state index is 0.549. The Morgan fingerprint density at radius 3 is 2.22 bits per heavy atom. The molecular weight excluding hydrogens is 504 g/mol. The standard InChI is InChI=1S/C36H26N4O/c1-2-16-30-25(11-1)26-12-7-14-28(36(26)39-30)31-17-8-19-33(38-31)41-32-18-6-10-24-21-20-23-9-5-13-27(34(23)40-35(24)32)29-15-3-4-22-37-29/h1-19,22,39-40H,20-21H2. The van der Waals surface area contributed by atoms with Crippen molar-refractivity contribution in [1.82, 2.24) is 15.0 Å². The van der Waals surface area contributed by atoms with E-state index < -0.39 is 0 Å².